The number of nitrogens with zero attached hydrogens (tertiary/aromatic N) is 1. The average molecular weight is 406 g/mol. The average Bonchev–Trinajstić information content (AvgIpc) is 2.80. The van der Waals surface area contributed by atoms with Crippen LogP contribution in [0.5, 0.6) is 0 Å². The third-order valence-corrected chi connectivity index (χ3v) is 5.61. The maximum Gasteiger partial charge on any atom is 0.250 e. The minimum absolute atomic E-state index is 0. The Hall–Kier alpha value is -2.02. The lowest BCUT2D eigenvalue weighted by atomic mass is 10.1. The Morgan fingerprint density at radius 2 is 1.85 bits per heavy atom. The molecule has 2 amide bonds. The Kier molecular flexibility index (Phi) is 7.71. The van der Waals surface area contributed by atoms with Crippen molar-refractivity contribution in [3.63, 3.8) is 0 Å². The van der Waals surface area contributed by atoms with E-state index in [2.05, 4.69) is 10.6 Å². The molecule has 2 aromatic carbocycles. The van der Waals surface area contributed by atoms with Crippen LogP contribution in [0.3, 0.4) is 0 Å². The van der Waals surface area contributed by atoms with Crippen molar-refractivity contribution in [2.75, 3.05) is 17.7 Å². The van der Waals surface area contributed by atoms with Gasteiger partial charge in [0.2, 0.25) is 5.91 Å². The van der Waals surface area contributed by atoms with E-state index in [0.717, 1.165) is 16.1 Å². The lowest BCUT2D eigenvalue weighted by Crippen LogP contribution is -2.53. The molecule has 1 unspecified atom stereocenters. The lowest BCUT2D eigenvalue weighted by molar-refractivity contribution is -0.128. The van der Waals surface area contributed by atoms with E-state index in [1.165, 1.54) is 0 Å². The molecule has 0 saturated heterocycles. The van der Waals surface area contributed by atoms with E-state index in [1.807, 2.05) is 54.6 Å². The van der Waals surface area contributed by atoms with Gasteiger partial charge in [0.25, 0.3) is 5.91 Å². The van der Waals surface area contributed by atoms with Gasteiger partial charge in [0.1, 0.15) is 6.04 Å². The second-order valence-corrected chi connectivity index (χ2v) is 7.32. The molecule has 0 radical (unpaired) electrons. The molecule has 5 nitrogen and oxygen atoms in total. The monoisotopic (exact) mass is 405 g/mol. The van der Waals surface area contributed by atoms with Crippen molar-refractivity contribution < 1.29 is 9.59 Å². The number of fused-ring (bicyclic) bond motifs is 1. The van der Waals surface area contributed by atoms with Gasteiger partial charge in [0, 0.05) is 10.6 Å². The highest BCUT2D eigenvalue weighted by Crippen LogP contribution is 2.35. The third-order valence-electron chi connectivity index (χ3n) is 4.45. The van der Waals surface area contributed by atoms with Crippen LogP contribution in [0.2, 0.25) is 0 Å². The van der Waals surface area contributed by atoms with Gasteiger partial charge < -0.3 is 15.5 Å². The summed E-state index contributed by atoms with van der Waals surface area (Å²) in [6.07, 6.45) is 0. The zero-order valence-electron chi connectivity index (χ0n) is 15.3. The number of hydrogen-bond acceptors (Lipinski definition) is 4. The first-order chi connectivity index (χ1) is 12.6. The van der Waals surface area contributed by atoms with E-state index in [4.69, 9.17) is 0 Å². The van der Waals surface area contributed by atoms with E-state index in [9.17, 15) is 9.59 Å². The molecule has 7 heteroatoms. The van der Waals surface area contributed by atoms with Gasteiger partial charge in [0.15, 0.2) is 0 Å². The van der Waals surface area contributed by atoms with Crippen molar-refractivity contribution in [3.05, 3.63) is 60.2 Å². The van der Waals surface area contributed by atoms with Crippen molar-refractivity contribution in [1.29, 1.82) is 0 Å². The SMILES string of the molecule is CNC(C)C(=O)N[C@@H]1CSc2ccccc2N(Cc2ccccc2)C1=O.Cl. The third kappa shape index (κ3) is 5.03. The second kappa shape index (κ2) is 9.78. The van der Waals surface area contributed by atoms with Crippen LogP contribution in [-0.2, 0) is 16.1 Å². The maximum absolute atomic E-state index is 13.2. The van der Waals surface area contributed by atoms with Crippen molar-refractivity contribution >= 4 is 41.7 Å². The molecule has 0 bridgehead atoms. The smallest absolute Gasteiger partial charge is 0.250 e. The number of benzene rings is 2. The van der Waals surface area contributed by atoms with Crippen molar-refractivity contribution in [3.8, 4) is 0 Å². The van der Waals surface area contributed by atoms with Crippen LogP contribution in [0.1, 0.15) is 12.5 Å². The molecule has 1 aliphatic heterocycles. The molecule has 3 rings (SSSR count). The molecule has 0 aliphatic carbocycles. The van der Waals surface area contributed by atoms with Crippen molar-refractivity contribution in [2.24, 2.45) is 0 Å². The summed E-state index contributed by atoms with van der Waals surface area (Å²) >= 11 is 1.60. The Labute approximate surface area is 170 Å². The van der Waals surface area contributed by atoms with Crippen LogP contribution in [0, 0.1) is 0 Å². The lowest BCUT2D eigenvalue weighted by Gasteiger charge is -2.26. The molecule has 2 N–H and O–H groups in total. The van der Waals surface area contributed by atoms with Gasteiger partial charge in [-0.15, -0.1) is 24.2 Å². The van der Waals surface area contributed by atoms with Crippen LogP contribution >= 0.6 is 24.2 Å². The minimum Gasteiger partial charge on any atom is -0.342 e. The Balaban J connectivity index is 0.00000261. The Morgan fingerprint density at radius 3 is 2.56 bits per heavy atom. The Morgan fingerprint density at radius 1 is 1.19 bits per heavy atom. The maximum atomic E-state index is 13.2. The second-order valence-electron chi connectivity index (χ2n) is 6.26. The number of para-hydroxylation sites is 1. The van der Waals surface area contributed by atoms with Gasteiger partial charge >= 0.3 is 0 Å². The predicted molar refractivity (Wildman–Crippen MR) is 112 cm³/mol. The van der Waals surface area contributed by atoms with E-state index < -0.39 is 6.04 Å². The summed E-state index contributed by atoms with van der Waals surface area (Å²) in [7, 11) is 1.73. The minimum atomic E-state index is -0.556. The number of carbonyl (C=O) groups excluding carboxylic acids is 2. The summed E-state index contributed by atoms with van der Waals surface area (Å²) in [4.78, 5) is 28.3. The van der Waals surface area contributed by atoms with Crippen LogP contribution in [0.25, 0.3) is 0 Å². The van der Waals surface area contributed by atoms with E-state index in [1.54, 1.807) is 30.6 Å². The first-order valence-corrected chi connectivity index (χ1v) is 9.63. The van der Waals surface area contributed by atoms with Gasteiger partial charge in [-0.3, -0.25) is 9.59 Å². The highest BCUT2D eigenvalue weighted by atomic mass is 35.5. The Bertz CT molecular complexity index is 788. The zero-order chi connectivity index (χ0) is 18.5. The largest absolute Gasteiger partial charge is 0.342 e. The molecular formula is C20H24ClN3O2S. The van der Waals surface area contributed by atoms with Crippen molar-refractivity contribution in [2.45, 2.75) is 30.4 Å². The fourth-order valence-electron chi connectivity index (χ4n) is 2.81. The van der Waals surface area contributed by atoms with Gasteiger partial charge in [-0.05, 0) is 31.7 Å². The molecule has 0 fully saturated rings. The molecule has 2 atom stereocenters. The first kappa shape index (κ1) is 21.3. The van der Waals surface area contributed by atoms with Gasteiger partial charge in [0.05, 0.1) is 18.3 Å². The van der Waals surface area contributed by atoms with Gasteiger partial charge in [-0.1, -0.05) is 42.5 Å². The number of carbonyl (C=O) groups is 2. The number of hydrogen-bond donors (Lipinski definition) is 2. The van der Waals surface area contributed by atoms with E-state index in [0.29, 0.717) is 12.3 Å². The summed E-state index contributed by atoms with van der Waals surface area (Å²) in [6.45, 7) is 2.26. The summed E-state index contributed by atoms with van der Waals surface area (Å²) in [6, 6.07) is 16.9. The number of halogens is 1. The van der Waals surface area contributed by atoms with Gasteiger partial charge in [-0.25, -0.2) is 0 Å². The topological polar surface area (TPSA) is 61.4 Å². The number of anilines is 1. The number of rotatable bonds is 5. The molecule has 2 aromatic rings. The highest BCUT2D eigenvalue weighted by molar-refractivity contribution is 7.99. The van der Waals surface area contributed by atoms with Gasteiger partial charge in [-0.2, -0.15) is 0 Å². The molecule has 27 heavy (non-hydrogen) atoms. The summed E-state index contributed by atoms with van der Waals surface area (Å²) in [5.74, 6) is 0.267. The van der Waals surface area contributed by atoms with Crippen LogP contribution < -0.4 is 15.5 Å². The summed E-state index contributed by atoms with van der Waals surface area (Å²) < 4.78 is 0. The molecular weight excluding hydrogens is 382 g/mol. The fraction of sp³-hybridized carbons (Fsp3) is 0.300. The van der Waals surface area contributed by atoms with Crippen molar-refractivity contribution in [1.82, 2.24) is 10.6 Å². The normalized spacial score (nSPS) is 17.3. The first-order valence-electron chi connectivity index (χ1n) is 8.65. The highest BCUT2D eigenvalue weighted by Gasteiger charge is 2.32. The van der Waals surface area contributed by atoms with E-state index >= 15 is 0 Å². The molecule has 1 heterocycles. The quantitative estimate of drug-likeness (QED) is 0.803. The number of likely N-dealkylation sites (N-methyl/N-ethyl adjacent to an activating group) is 1. The molecule has 144 valence electrons. The van der Waals surface area contributed by atoms with Crippen LogP contribution in [-0.4, -0.2) is 36.7 Å². The zero-order valence-corrected chi connectivity index (χ0v) is 17.0. The summed E-state index contributed by atoms with van der Waals surface area (Å²) in [5, 5.41) is 5.81. The fourth-order valence-corrected chi connectivity index (χ4v) is 3.89. The molecule has 0 aromatic heterocycles. The summed E-state index contributed by atoms with van der Waals surface area (Å²) in [5.41, 5.74) is 1.95. The molecule has 0 spiro atoms. The predicted octanol–water partition coefficient (Wildman–Crippen LogP) is 2.84. The van der Waals surface area contributed by atoms with E-state index in [-0.39, 0.29) is 30.3 Å². The van der Waals surface area contributed by atoms with Crippen LogP contribution in [0.4, 0.5) is 5.69 Å². The molecule has 0 saturated carbocycles. The van der Waals surface area contributed by atoms with Crippen LogP contribution in [0.15, 0.2) is 59.5 Å². The number of thioether (sulfide) groups is 1. The standard InChI is InChI=1S/C20H23N3O2S.ClH/c1-14(21-2)19(24)22-16-13-26-18-11-7-6-10-17(18)23(20(16)25)12-15-8-4-3-5-9-15;/h3-11,14,16,21H,12-13H2,1-2H3,(H,22,24);1H/t14?,16-;/m1./s1. The molecule has 1 aliphatic rings. The number of nitrogens with one attached hydrogen (secondary N) is 2. The number of amides is 2.